The number of hydrogen-bond acceptors (Lipinski definition) is 3. The van der Waals surface area contributed by atoms with E-state index in [2.05, 4.69) is 44.9 Å². The molecule has 2 rings (SSSR count). The number of pyridine rings is 1. The fraction of sp³-hybridized carbons (Fsp3) is 0.583. The molecule has 1 N–H and O–H groups in total. The van der Waals surface area contributed by atoms with Gasteiger partial charge in [-0.1, -0.05) is 6.92 Å². The normalized spacial score (nSPS) is 24.6. The Bertz CT molecular complexity index is 346. The third-order valence-corrected chi connectivity index (χ3v) is 4.76. The van der Waals surface area contributed by atoms with E-state index in [-0.39, 0.29) is 0 Å². The van der Waals surface area contributed by atoms with Gasteiger partial charge in [0.2, 0.25) is 0 Å². The summed E-state index contributed by atoms with van der Waals surface area (Å²) < 4.78 is 1.06. The van der Waals surface area contributed by atoms with Crippen LogP contribution in [0.1, 0.15) is 26.2 Å². The van der Waals surface area contributed by atoms with Crippen molar-refractivity contribution in [1.29, 1.82) is 0 Å². The standard InChI is InChI=1S/C12H17BrN2S/c1-2-16-10-6-5-9(8-10)15-12-11(13)4-3-7-14-12/h3-4,7,9-10H,2,5-6,8H2,1H3,(H,14,15). The molecular weight excluding hydrogens is 284 g/mol. The summed E-state index contributed by atoms with van der Waals surface area (Å²) in [4.78, 5) is 4.35. The second-order valence-corrected chi connectivity index (χ2v) is 6.50. The summed E-state index contributed by atoms with van der Waals surface area (Å²) in [5.74, 6) is 2.21. The molecule has 1 aliphatic rings. The van der Waals surface area contributed by atoms with Gasteiger partial charge in [0.25, 0.3) is 0 Å². The molecule has 0 spiro atoms. The minimum absolute atomic E-state index is 0.593. The number of halogens is 1. The molecule has 1 heterocycles. The SMILES string of the molecule is CCSC1CCC(Nc2ncccc2Br)C1. The highest BCUT2D eigenvalue weighted by Gasteiger charge is 2.24. The van der Waals surface area contributed by atoms with Gasteiger partial charge in [-0.25, -0.2) is 4.98 Å². The lowest BCUT2D eigenvalue weighted by Gasteiger charge is -2.14. The van der Waals surface area contributed by atoms with Crippen LogP contribution in [0.2, 0.25) is 0 Å². The molecule has 1 aromatic rings. The number of rotatable bonds is 4. The predicted octanol–water partition coefficient (Wildman–Crippen LogP) is 3.93. The van der Waals surface area contributed by atoms with Crippen molar-refractivity contribution in [2.24, 2.45) is 0 Å². The number of hydrogen-bond donors (Lipinski definition) is 1. The fourth-order valence-corrected chi connectivity index (χ4v) is 3.66. The quantitative estimate of drug-likeness (QED) is 0.912. The van der Waals surface area contributed by atoms with Crippen molar-refractivity contribution in [3.05, 3.63) is 22.8 Å². The van der Waals surface area contributed by atoms with Crippen LogP contribution in [-0.2, 0) is 0 Å². The first-order valence-corrected chi connectivity index (χ1v) is 7.62. The van der Waals surface area contributed by atoms with Crippen LogP contribution in [0.3, 0.4) is 0 Å². The second-order valence-electron chi connectivity index (χ2n) is 4.07. The van der Waals surface area contributed by atoms with E-state index in [1.54, 1.807) is 0 Å². The van der Waals surface area contributed by atoms with Crippen molar-refractivity contribution in [1.82, 2.24) is 4.98 Å². The number of nitrogens with one attached hydrogen (secondary N) is 1. The summed E-state index contributed by atoms with van der Waals surface area (Å²) in [6.07, 6.45) is 5.70. The van der Waals surface area contributed by atoms with E-state index >= 15 is 0 Å². The highest BCUT2D eigenvalue weighted by Crippen LogP contribution is 2.32. The summed E-state index contributed by atoms with van der Waals surface area (Å²) in [6.45, 7) is 2.24. The molecule has 1 fully saturated rings. The van der Waals surface area contributed by atoms with E-state index in [1.807, 2.05) is 18.3 Å². The summed E-state index contributed by atoms with van der Waals surface area (Å²) in [5.41, 5.74) is 0. The van der Waals surface area contributed by atoms with Crippen LogP contribution in [-0.4, -0.2) is 22.0 Å². The molecule has 88 valence electrons. The smallest absolute Gasteiger partial charge is 0.140 e. The largest absolute Gasteiger partial charge is 0.366 e. The molecule has 2 nitrogen and oxygen atoms in total. The lowest BCUT2D eigenvalue weighted by Crippen LogP contribution is -2.17. The van der Waals surface area contributed by atoms with Crippen molar-refractivity contribution in [3.8, 4) is 0 Å². The van der Waals surface area contributed by atoms with Gasteiger partial charge in [-0.3, -0.25) is 0 Å². The van der Waals surface area contributed by atoms with Crippen LogP contribution in [0.5, 0.6) is 0 Å². The maximum atomic E-state index is 4.35. The number of nitrogens with zero attached hydrogens (tertiary/aromatic N) is 1. The molecule has 0 amide bonds. The molecule has 2 atom stereocenters. The minimum atomic E-state index is 0.593. The van der Waals surface area contributed by atoms with Gasteiger partial charge in [-0.15, -0.1) is 0 Å². The minimum Gasteiger partial charge on any atom is -0.366 e. The van der Waals surface area contributed by atoms with Gasteiger partial charge in [0.05, 0.1) is 4.47 Å². The third-order valence-electron chi connectivity index (χ3n) is 2.89. The Kier molecular flexibility index (Phi) is 4.53. The Hall–Kier alpha value is -0.220. The topological polar surface area (TPSA) is 24.9 Å². The van der Waals surface area contributed by atoms with Gasteiger partial charge in [0.15, 0.2) is 0 Å². The van der Waals surface area contributed by atoms with Gasteiger partial charge >= 0.3 is 0 Å². The molecule has 1 aliphatic carbocycles. The van der Waals surface area contributed by atoms with Gasteiger partial charge < -0.3 is 5.32 Å². The van der Waals surface area contributed by atoms with Crippen LogP contribution >= 0.6 is 27.7 Å². The number of thioether (sulfide) groups is 1. The highest BCUT2D eigenvalue weighted by molar-refractivity contribution is 9.10. The van der Waals surface area contributed by atoms with E-state index in [9.17, 15) is 0 Å². The predicted molar refractivity (Wildman–Crippen MR) is 75.1 cm³/mol. The molecule has 0 aliphatic heterocycles. The Morgan fingerprint density at radius 3 is 3.19 bits per heavy atom. The summed E-state index contributed by atoms with van der Waals surface area (Å²) in [6, 6.07) is 4.57. The van der Waals surface area contributed by atoms with Gasteiger partial charge in [-0.2, -0.15) is 11.8 Å². The Morgan fingerprint density at radius 1 is 1.56 bits per heavy atom. The van der Waals surface area contributed by atoms with Crippen LogP contribution in [0.4, 0.5) is 5.82 Å². The van der Waals surface area contributed by atoms with Crippen LogP contribution in [0.15, 0.2) is 22.8 Å². The molecule has 1 saturated carbocycles. The number of anilines is 1. The van der Waals surface area contributed by atoms with Crippen molar-refractivity contribution in [3.63, 3.8) is 0 Å². The maximum absolute atomic E-state index is 4.35. The second kappa shape index (κ2) is 5.92. The fourth-order valence-electron chi connectivity index (χ4n) is 2.14. The zero-order valence-electron chi connectivity index (χ0n) is 9.45. The molecule has 1 aromatic heterocycles. The van der Waals surface area contributed by atoms with E-state index in [0.29, 0.717) is 6.04 Å². The zero-order valence-corrected chi connectivity index (χ0v) is 11.9. The molecular formula is C12H17BrN2S. The molecule has 0 aromatic carbocycles. The molecule has 4 heteroatoms. The van der Waals surface area contributed by atoms with E-state index in [1.165, 1.54) is 25.0 Å². The van der Waals surface area contributed by atoms with E-state index in [4.69, 9.17) is 0 Å². The van der Waals surface area contributed by atoms with Crippen molar-refractivity contribution in [2.45, 2.75) is 37.5 Å². The maximum Gasteiger partial charge on any atom is 0.140 e. The first-order valence-electron chi connectivity index (χ1n) is 5.78. The van der Waals surface area contributed by atoms with Crippen LogP contribution < -0.4 is 5.32 Å². The van der Waals surface area contributed by atoms with Gasteiger partial charge in [0.1, 0.15) is 5.82 Å². The van der Waals surface area contributed by atoms with Crippen LogP contribution in [0, 0.1) is 0 Å². The van der Waals surface area contributed by atoms with Crippen LogP contribution in [0.25, 0.3) is 0 Å². The summed E-state index contributed by atoms with van der Waals surface area (Å²) in [7, 11) is 0. The third kappa shape index (κ3) is 3.14. The first-order chi connectivity index (χ1) is 7.79. The van der Waals surface area contributed by atoms with Crippen molar-refractivity contribution in [2.75, 3.05) is 11.1 Å². The average Bonchev–Trinajstić information content (AvgIpc) is 2.70. The molecule has 0 saturated heterocycles. The van der Waals surface area contributed by atoms with Gasteiger partial charge in [0, 0.05) is 17.5 Å². The summed E-state index contributed by atoms with van der Waals surface area (Å²) >= 11 is 5.60. The Balaban J connectivity index is 1.90. The molecule has 0 radical (unpaired) electrons. The molecule has 2 unspecified atom stereocenters. The first kappa shape index (κ1) is 12.2. The highest BCUT2D eigenvalue weighted by atomic mass is 79.9. The molecule has 0 bridgehead atoms. The number of aromatic nitrogens is 1. The Labute approximate surface area is 110 Å². The lowest BCUT2D eigenvalue weighted by molar-refractivity contribution is 0.751. The van der Waals surface area contributed by atoms with E-state index < -0.39 is 0 Å². The Morgan fingerprint density at radius 2 is 2.44 bits per heavy atom. The van der Waals surface area contributed by atoms with E-state index in [0.717, 1.165) is 15.5 Å². The monoisotopic (exact) mass is 300 g/mol. The zero-order chi connectivity index (χ0) is 11.4. The molecule has 16 heavy (non-hydrogen) atoms. The summed E-state index contributed by atoms with van der Waals surface area (Å²) in [5, 5.41) is 4.36. The lowest BCUT2D eigenvalue weighted by atomic mass is 10.2. The average molecular weight is 301 g/mol. The van der Waals surface area contributed by atoms with Crippen molar-refractivity contribution >= 4 is 33.5 Å². The van der Waals surface area contributed by atoms with Gasteiger partial charge in [-0.05, 0) is 53.1 Å². The van der Waals surface area contributed by atoms with Crippen molar-refractivity contribution < 1.29 is 0 Å².